The van der Waals surface area contributed by atoms with Crippen LogP contribution in [-0.4, -0.2) is 35.1 Å². The number of piperidine rings is 1. The monoisotopic (exact) mass is 345 g/mol. The molecule has 1 fully saturated rings. The molecule has 0 spiro atoms. The molecule has 2 atom stereocenters. The van der Waals surface area contributed by atoms with Crippen molar-refractivity contribution in [3.8, 4) is 0 Å². The average molecular weight is 345 g/mol. The van der Waals surface area contributed by atoms with Crippen molar-refractivity contribution in [2.75, 3.05) is 13.1 Å². The van der Waals surface area contributed by atoms with Crippen molar-refractivity contribution in [3.63, 3.8) is 0 Å². The molecule has 0 saturated carbocycles. The van der Waals surface area contributed by atoms with Crippen molar-refractivity contribution in [2.45, 2.75) is 25.4 Å². The number of carbonyl (C=O) groups is 1. The highest BCUT2D eigenvalue weighted by atomic mass is 16.3. The third-order valence-corrected chi connectivity index (χ3v) is 5.37. The number of hydrogen-bond donors (Lipinski definition) is 1. The van der Waals surface area contributed by atoms with Crippen molar-refractivity contribution in [3.05, 3.63) is 83.4 Å². The predicted octanol–water partition coefficient (Wildman–Crippen LogP) is 4.14. The molecule has 132 valence electrons. The van der Waals surface area contributed by atoms with Crippen molar-refractivity contribution < 1.29 is 9.90 Å². The van der Waals surface area contributed by atoms with Gasteiger partial charge >= 0.3 is 0 Å². The van der Waals surface area contributed by atoms with Crippen molar-refractivity contribution in [2.24, 2.45) is 0 Å². The topological polar surface area (TPSA) is 40.5 Å². The van der Waals surface area contributed by atoms with Gasteiger partial charge in [0.2, 0.25) is 0 Å². The maximum absolute atomic E-state index is 12.7. The number of aryl methyl sites for hydroxylation is 1. The summed E-state index contributed by atoms with van der Waals surface area (Å²) in [7, 11) is 0. The van der Waals surface area contributed by atoms with Gasteiger partial charge in [-0.2, -0.15) is 0 Å². The van der Waals surface area contributed by atoms with Gasteiger partial charge in [0.1, 0.15) is 0 Å². The van der Waals surface area contributed by atoms with E-state index < -0.39 is 6.10 Å². The smallest absolute Gasteiger partial charge is 0.253 e. The zero-order chi connectivity index (χ0) is 18.1. The van der Waals surface area contributed by atoms with Crippen LogP contribution < -0.4 is 0 Å². The number of aliphatic hydroxyl groups is 1. The fourth-order valence-electron chi connectivity index (χ4n) is 3.82. The minimum absolute atomic E-state index is 0.000937. The van der Waals surface area contributed by atoms with E-state index in [1.165, 1.54) is 10.8 Å². The van der Waals surface area contributed by atoms with E-state index in [9.17, 15) is 9.90 Å². The highest BCUT2D eigenvalue weighted by molar-refractivity contribution is 5.94. The highest BCUT2D eigenvalue weighted by Crippen LogP contribution is 2.31. The Morgan fingerprint density at radius 2 is 1.73 bits per heavy atom. The van der Waals surface area contributed by atoms with Gasteiger partial charge in [-0.1, -0.05) is 60.2 Å². The van der Waals surface area contributed by atoms with Gasteiger partial charge in [0.25, 0.3) is 5.91 Å². The molecular weight excluding hydrogens is 322 g/mol. The van der Waals surface area contributed by atoms with Gasteiger partial charge in [0.15, 0.2) is 0 Å². The summed E-state index contributed by atoms with van der Waals surface area (Å²) in [4.78, 5) is 14.5. The van der Waals surface area contributed by atoms with Crippen LogP contribution in [0.4, 0.5) is 0 Å². The molecule has 1 aliphatic heterocycles. The van der Waals surface area contributed by atoms with E-state index >= 15 is 0 Å². The molecule has 0 unspecified atom stereocenters. The van der Waals surface area contributed by atoms with Crippen LogP contribution in [0.5, 0.6) is 0 Å². The van der Waals surface area contributed by atoms with Crippen LogP contribution in [0.1, 0.15) is 33.8 Å². The summed E-state index contributed by atoms with van der Waals surface area (Å²) < 4.78 is 0. The molecule has 26 heavy (non-hydrogen) atoms. The summed E-state index contributed by atoms with van der Waals surface area (Å²) >= 11 is 0. The van der Waals surface area contributed by atoms with Crippen LogP contribution in [0, 0.1) is 6.92 Å². The zero-order valence-electron chi connectivity index (χ0n) is 14.9. The lowest BCUT2D eigenvalue weighted by Crippen LogP contribution is -2.45. The molecule has 4 rings (SSSR count). The Balaban J connectivity index is 1.50. The van der Waals surface area contributed by atoms with Gasteiger partial charge in [0.05, 0.1) is 6.10 Å². The Kier molecular flexibility index (Phi) is 4.48. The third-order valence-electron chi connectivity index (χ3n) is 5.37. The summed E-state index contributed by atoms with van der Waals surface area (Å²) in [5, 5.41) is 13.1. The van der Waals surface area contributed by atoms with Crippen molar-refractivity contribution >= 4 is 16.7 Å². The lowest BCUT2D eigenvalue weighted by molar-refractivity contribution is 0.0382. The van der Waals surface area contributed by atoms with Gasteiger partial charge < -0.3 is 10.0 Å². The first kappa shape index (κ1) is 16.8. The highest BCUT2D eigenvalue weighted by Gasteiger charge is 2.31. The van der Waals surface area contributed by atoms with Gasteiger partial charge in [-0.25, -0.2) is 0 Å². The Morgan fingerprint density at radius 3 is 2.46 bits per heavy atom. The number of fused-ring (bicyclic) bond motifs is 1. The third kappa shape index (κ3) is 3.23. The van der Waals surface area contributed by atoms with E-state index in [2.05, 4.69) is 30.3 Å². The SMILES string of the molecule is Cc1ccc(C(=O)N2CC[C@@H](c3ccc4ccccc4c3)[C@H](O)C2)cc1. The lowest BCUT2D eigenvalue weighted by Gasteiger charge is -2.36. The molecule has 1 N–H and O–H groups in total. The molecule has 0 aliphatic carbocycles. The number of β-amino-alcohol motifs (C(OH)–C–C–N with tert-alkyl or cyclic N) is 1. The summed E-state index contributed by atoms with van der Waals surface area (Å²) in [5.74, 6) is 0.0719. The van der Waals surface area contributed by atoms with Crippen LogP contribution >= 0.6 is 0 Å². The normalized spacial score (nSPS) is 20.3. The molecule has 0 bridgehead atoms. The first-order valence-corrected chi connectivity index (χ1v) is 9.14. The summed E-state index contributed by atoms with van der Waals surface area (Å²) in [5.41, 5.74) is 2.97. The second kappa shape index (κ2) is 6.93. The number of benzene rings is 3. The Morgan fingerprint density at radius 1 is 1.00 bits per heavy atom. The zero-order valence-corrected chi connectivity index (χ0v) is 14.9. The lowest BCUT2D eigenvalue weighted by atomic mass is 9.86. The van der Waals surface area contributed by atoms with Crippen LogP contribution in [0.2, 0.25) is 0 Å². The predicted molar refractivity (Wildman–Crippen MR) is 104 cm³/mol. The van der Waals surface area contributed by atoms with Crippen molar-refractivity contribution in [1.29, 1.82) is 0 Å². The molecule has 1 heterocycles. The number of aliphatic hydroxyl groups excluding tert-OH is 1. The average Bonchev–Trinajstić information content (AvgIpc) is 2.67. The van der Waals surface area contributed by atoms with E-state index in [1.807, 2.05) is 43.3 Å². The van der Waals surface area contributed by atoms with Crippen LogP contribution in [0.3, 0.4) is 0 Å². The first-order valence-electron chi connectivity index (χ1n) is 9.14. The number of carbonyl (C=O) groups excluding carboxylic acids is 1. The number of rotatable bonds is 2. The molecule has 0 radical (unpaired) electrons. The van der Waals surface area contributed by atoms with Crippen LogP contribution in [-0.2, 0) is 0 Å². The second-order valence-corrected chi connectivity index (χ2v) is 7.19. The molecule has 1 saturated heterocycles. The second-order valence-electron chi connectivity index (χ2n) is 7.19. The number of likely N-dealkylation sites (tertiary alicyclic amines) is 1. The van der Waals surface area contributed by atoms with Crippen molar-refractivity contribution in [1.82, 2.24) is 4.90 Å². The molecule has 3 aromatic rings. The Hall–Kier alpha value is -2.65. The van der Waals surface area contributed by atoms with Gasteiger partial charge in [-0.3, -0.25) is 4.79 Å². The first-order chi connectivity index (χ1) is 12.6. The van der Waals surface area contributed by atoms with Gasteiger partial charge in [-0.05, 0) is 41.8 Å². The largest absolute Gasteiger partial charge is 0.391 e. The fourth-order valence-corrected chi connectivity index (χ4v) is 3.82. The number of amides is 1. The Bertz CT molecular complexity index is 932. The summed E-state index contributed by atoms with van der Waals surface area (Å²) in [6, 6.07) is 22.3. The molecule has 1 aliphatic rings. The number of hydrogen-bond acceptors (Lipinski definition) is 2. The minimum atomic E-state index is -0.542. The van der Waals surface area contributed by atoms with E-state index in [0.717, 1.165) is 17.5 Å². The van der Waals surface area contributed by atoms with Crippen LogP contribution in [0.15, 0.2) is 66.7 Å². The van der Waals surface area contributed by atoms with Crippen LogP contribution in [0.25, 0.3) is 10.8 Å². The fraction of sp³-hybridized carbons (Fsp3) is 0.261. The standard InChI is InChI=1S/C23H23NO2/c1-16-6-8-18(9-7-16)23(26)24-13-12-21(22(25)15-24)20-11-10-17-4-2-3-5-19(17)14-20/h2-11,14,21-22,25H,12-13,15H2,1H3/t21-,22+/m0/s1. The maximum Gasteiger partial charge on any atom is 0.253 e. The molecular formula is C23H23NO2. The van der Waals surface area contributed by atoms with E-state index in [-0.39, 0.29) is 11.8 Å². The minimum Gasteiger partial charge on any atom is -0.391 e. The summed E-state index contributed by atoms with van der Waals surface area (Å²) in [6.45, 7) is 3.05. The molecule has 3 nitrogen and oxygen atoms in total. The molecule has 3 heteroatoms. The molecule has 0 aromatic heterocycles. The molecule has 3 aromatic carbocycles. The van der Waals surface area contributed by atoms with E-state index in [0.29, 0.717) is 18.7 Å². The molecule has 1 amide bonds. The maximum atomic E-state index is 12.7. The van der Waals surface area contributed by atoms with Gasteiger partial charge in [0, 0.05) is 24.6 Å². The quantitative estimate of drug-likeness (QED) is 0.758. The number of nitrogens with zero attached hydrogens (tertiary/aromatic N) is 1. The Labute approximate surface area is 153 Å². The van der Waals surface area contributed by atoms with E-state index in [1.54, 1.807) is 4.90 Å². The van der Waals surface area contributed by atoms with Gasteiger partial charge in [-0.15, -0.1) is 0 Å². The van der Waals surface area contributed by atoms with E-state index in [4.69, 9.17) is 0 Å². The summed E-state index contributed by atoms with van der Waals surface area (Å²) in [6.07, 6.45) is 0.233.